The van der Waals surface area contributed by atoms with Gasteiger partial charge in [0, 0.05) is 37.8 Å². The summed E-state index contributed by atoms with van der Waals surface area (Å²) in [6.45, 7) is 3.14. The highest BCUT2D eigenvalue weighted by Gasteiger charge is 2.31. The zero-order valence-corrected chi connectivity index (χ0v) is 18.4. The number of piperidine rings is 1. The second kappa shape index (κ2) is 8.99. The maximum atomic E-state index is 13.3. The van der Waals surface area contributed by atoms with Gasteiger partial charge >= 0.3 is 0 Å². The molecule has 32 heavy (non-hydrogen) atoms. The monoisotopic (exact) mass is 428 g/mol. The molecule has 1 aromatic heterocycles. The van der Waals surface area contributed by atoms with Crippen molar-refractivity contribution in [3.05, 3.63) is 72.1 Å². The summed E-state index contributed by atoms with van der Waals surface area (Å²) in [5, 5.41) is 0. The van der Waals surface area contributed by atoms with E-state index in [1.807, 2.05) is 35.2 Å². The molecule has 2 aliphatic rings. The number of amides is 1. The quantitative estimate of drug-likeness (QED) is 0.630. The Labute approximate surface area is 188 Å². The average Bonchev–Trinajstić information content (AvgIpc) is 2.88. The van der Waals surface area contributed by atoms with Crippen molar-refractivity contribution in [2.75, 3.05) is 31.6 Å². The molecule has 3 heterocycles. The van der Waals surface area contributed by atoms with E-state index in [1.165, 1.54) is 11.1 Å². The van der Waals surface area contributed by atoms with E-state index >= 15 is 0 Å². The second-order valence-corrected chi connectivity index (χ2v) is 8.55. The standard InChI is InChI=1S/C26H28N4O2/c1-32-23-10-8-20(9-11-23)24-15-25(28-18-27-24)29-13-4-7-22(17-29)26(31)30-14-12-19-5-2-3-6-21(19)16-30/h2-3,5-6,8-11,15,18,22H,4,7,12-14,16-17H2,1H3. The van der Waals surface area contributed by atoms with Crippen LogP contribution in [0, 0.1) is 5.92 Å². The van der Waals surface area contributed by atoms with Crippen LogP contribution in [-0.2, 0) is 17.8 Å². The number of hydrogen-bond acceptors (Lipinski definition) is 5. The molecule has 1 saturated heterocycles. The maximum absolute atomic E-state index is 13.3. The molecule has 2 aromatic carbocycles. The summed E-state index contributed by atoms with van der Waals surface area (Å²) in [5.41, 5.74) is 4.54. The van der Waals surface area contributed by atoms with Crippen LogP contribution in [0.15, 0.2) is 60.9 Å². The van der Waals surface area contributed by atoms with Gasteiger partial charge in [0.2, 0.25) is 5.91 Å². The summed E-state index contributed by atoms with van der Waals surface area (Å²) in [6, 6.07) is 18.3. The summed E-state index contributed by atoms with van der Waals surface area (Å²) >= 11 is 0. The van der Waals surface area contributed by atoms with Crippen LogP contribution in [-0.4, -0.2) is 47.5 Å². The minimum absolute atomic E-state index is 0.00779. The van der Waals surface area contributed by atoms with Gasteiger partial charge in [0.15, 0.2) is 0 Å². The number of carbonyl (C=O) groups excluding carboxylic acids is 1. The lowest BCUT2D eigenvalue weighted by Gasteiger charge is -2.37. The molecular weight excluding hydrogens is 400 g/mol. The van der Waals surface area contributed by atoms with Crippen molar-refractivity contribution in [1.82, 2.24) is 14.9 Å². The number of ether oxygens (including phenoxy) is 1. The second-order valence-electron chi connectivity index (χ2n) is 8.55. The highest BCUT2D eigenvalue weighted by Crippen LogP contribution is 2.28. The SMILES string of the molecule is COc1ccc(-c2cc(N3CCCC(C(=O)N4CCc5ccccc5C4)C3)ncn2)cc1. The molecule has 0 saturated carbocycles. The van der Waals surface area contributed by atoms with Crippen LogP contribution in [0.25, 0.3) is 11.3 Å². The molecule has 0 radical (unpaired) electrons. The van der Waals surface area contributed by atoms with E-state index in [0.29, 0.717) is 6.54 Å². The van der Waals surface area contributed by atoms with Gasteiger partial charge in [-0.15, -0.1) is 0 Å². The number of aromatic nitrogens is 2. The van der Waals surface area contributed by atoms with Crippen LogP contribution in [0.3, 0.4) is 0 Å². The van der Waals surface area contributed by atoms with Crippen molar-refractivity contribution in [1.29, 1.82) is 0 Å². The number of rotatable bonds is 4. The Morgan fingerprint density at radius 2 is 1.84 bits per heavy atom. The van der Waals surface area contributed by atoms with E-state index in [2.05, 4.69) is 39.1 Å². The Hall–Kier alpha value is -3.41. The molecule has 0 spiro atoms. The van der Waals surface area contributed by atoms with Gasteiger partial charge in [-0.05, 0) is 54.7 Å². The first-order valence-corrected chi connectivity index (χ1v) is 11.3. The molecule has 0 aliphatic carbocycles. The van der Waals surface area contributed by atoms with Gasteiger partial charge in [-0.3, -0.25) is 4.79 Å². The molecule has 6 heteroatoms. The third kappa shape index (κ3) is 4.17. The number of anilines is 1. The van der Waals surface area contributed by atoms with Crippen molar-refractivity contribution in [2.24, 2.45) is 5.92 Å². The molecule has 6 nitrogen and oxygen atoms in total. The first-order chi connectivity index (χ1) is 15.7. The summed E-state index contributed by atoms with van der Waals surface area (Å²) in [4.78, 5) is 26.6. The number of methoxy groups -OCH3 is 1. The molecule has 164 valence electrons. The molecular formula is C26H28N4O2. The highest BCUT2D eigenvalue weighted by atomic mass is 16.5. The number of benzene rings is 2. The number of carbonyl (C=O) groups is 1. The van der Waals surface area contributed by atoms with Crippen LogP contribution in [0.5, 0.6) is 5.75 Å². The number of nitrogens with zero attached hydrogens (tertiary/aromatic N) is 4. The maximum Gasteiger partial charge on any atom is 0.227 e. The molecule has 1 unspecified atom stereocenters. The lowest BCUT2D eigenvalue weighted by Crippen LogP contribution is -2.46. The molecule has 2 aliphatic heterocycles. The highest BCUT2D eigenvalue weighted by molar-refractivity contribution is 5.80. The van der Waals surface area contributed by atoms with Crippen molar-refractivity contribution >= 4 is 11.7 Å². The minimum atomic E-state index is 0.00779. The normalized spacial score (nSPS) is 18.2. The predicted molar refractivity (Wildman–Crippen MR) is 125 cm³/mol. The van der Waals surface area contributed by atoms with Crippen LogP contribution in [0.2, 0.25) is 0 Å². The zero-order valence-electron chi connectivity index (χ0n) is 18.4. The Kier molecular flexibility index (Phi) is 5.75. The third-order valence-electron chi connectivity index (χ3n) is 6.58. The van der Waals surface area contributed by atoms with Gasteiger partial charge in [0.1, 0.15) is 17.9 Å². The van der Waals surface area contributed by atoms with E-state index in [9.17, 15) is 4.79 Å². The van der Waals surface area contributed by atoms with E-state index in [-0.39, 0.29) is 11.8 Å². The molecule has 3 aromatic rings. The molecule has 1 amide bonds. The first-order valence-electron chi connectivity index (χ1n) is 11.3. The predicted octanol–water partition coefficient (Wildman–Crippen LogP) is 3.95. The van der Waals surface area contributed by atoms with Gasteiger partial charge in [-0.25, -0.2) is 9.97 Å². The molecule has 5 rings (SSSR count). The fraction of sp³-hybridized carbons (Fsp3) is 0.346. The van der Waals surface area contributed by atoms with Crippen LogP contribution in [0.4, 0.5) is 5.82 Å². The fourth-order valence-electron chi connectivity index (χ4n) is 4.77. The Balaban J connectivity index is 1.29. The zero-order chi connectivity index (χ0) is 21.9. The van der Waals surface area contributed by atoms with Crippen molar-refractivity contribution in [2.45, 2.75) is 25.8 Å². The van der Waals surface area contributed by atoms with Crippen LogP contribution < -0.4 is 9.64 Å². The molecule has 0 bridgehead atoms. The topological polar surface area (TPSA) is 58.6 Å². The number of hydrogen-bond donors (Lipinski definition) is 0. The van der Waals surface area contributed by atoms with Crippen molar-refractivity contribution < 1.29 is 9.53 Å². The van der Waals surface area contributed by atoms with Gasteiger partial charge in [0.05, 0.1) is 18.7 Å². The van der Waals surface area contributed by atoms with Gasteiger partial charge in [0.25, 0.3) is 0 Å². The average molecular weight is 429 g/mol. The molecule has 1 fully saturated rings. The summed E-state index contributed by atoms with van der Waals surface area (Å²) in [5.74, 6) is 1.98. The summed E-state index contributed by atoms with van der Waals surface area (Å²) in [6.07, 6.45) is 4.48. The lowest BCUT2D eigenvalue weighted by atomic mass is 9.94. The summed E-state index contributed by atoms with van der Waals surface area (Å²) in [7, 11) is 1.66. The van der Waals surface area contributed by atoms with Gasteiger partial charge in [-0.1, -0.05) is 24.3 Å². The fourth-order valence-corrected chi connectivity index (χ4v) is 4.77. The number of fused-ring (bicyclic) bond motifs is 1. The van der Waals surface area contributed by atoms with E-state index < -0.39 is 0 Å². The lowest BCUT2D eigenvalue weighted by molar-refractivity contribution is -0.136. The molecule has 0 N–H and O–H groups in total. The van der Waals surface area contributed by atoms with Crippen molar-refractivity contribution in [3.8, 4) is 17.0 Å². The Morgan fingerprint density at radius 3 is 2.66 bits per heavy atom. The van der Waals surface area contributed by atoms with E-state index in [0.717, 1.165) is 61.7 Å². The van der Waals surface area contributed by atoms with E-state index in [1.54, 1.807) is 13.4 Å². The van der Waals surface area contributed by atoms with Crippen LogP contribution >= 0.6 is 0 Å². The largest absolute Gasteiger partial charge is 0.497 e. The minimum Gasteiger partial charge on any atom is -0.497 e. The first kappa shape index (κ1) is 20.5. The van der Waals surface area contributed by atoms with E-state index in [4.69, 9.17) is 4.74 Å². The van der Waals surface area contributed by atoms with Crippen molar-refractivity contribution in [3.63, 3.8) is 0 Å². The Morgan fingerprint density at radius 1 is 1.03 bits per heavy atom. The third-order valence-corrected chi connectivity index (χ3v) is 6.58. The van der Waals surface area contributed by atoms with Gasteiger partial charge < -0.3 is 14.5 Å². The van der Waals surface area contributed by atoms with Gasteiger partial charge in [-0.2, -0.15) is 0 Å². The van der Waals surface area contributed by atoms with Crippen LogP contribution in [0.1, 0.15) is 24.0 Å². The molecule has 1 atom stereocenters. The smallest absolute Gasteiger partial charge is 0.227 e. The Bertz CT molecular complexity index is 1100. The summed E-state index contributed by atoms with van der Waals surface area (Å²) < 4.78 is 5.25.